The number of carbonyl (C=O) groups is 5. The Morgan fingerprint density at radius 3 is 2.36 bits per heavy atom. The maximum atomic E-state index is 12.3. The van der Waals surface area contributed by atoms with Crippen molar-refractivity contribution in [3.63, 3.8) is 0 Å². The summed E-state index contributed by atoms with van der Waals surface area (Å²) in [5.74, 6) is -4.61. The molecule has 3 amide bonds. The van der Waals surface area contributed by atoms with E-state index in [0.717, 1.165) is 0 Å². The quantitative estimate of drug-likeness (QED) is 0.301. The van der Waals surface area contributed by atoms with E-state index in [1.54, 1.807) is 0 Å². The highest BCUT2D eigenvalue weighted by molar-refractivity contribution is 5.93. The van der Waals surface area contributed by atoms with Crippen LogP contribution in [0.4, 0.5) is 0 Å². The number of primary amides is 1. The Hall–Kier alpha value is -2.69. The Labute approximate surface area is 143 Å². The van der Waals surface area contributed by atoms with Crippen molar-refractivity contribution in [2.45, 2.75) is 50.2 Å². The molecule has 1 rings (SSSR count). The van der Waals surface area contributed by atoms with Gasteiger partial charge in [0, 0.05) is 13.0 Å². The van der Waals surface area contributed by atoms with Crippen LogP contribution >= 0.6 is 0 Å². The molecule has 140 valence electrons. The van der Waals surface area contributed by atoms with Gasteiger partial charge in [-0.2, -0.15) is 0 Å². The molecule has 1 heterocycles. The lowest BCUT2D eigenvalue weighted by Crippen LogP contribution is -2.54. The number of nitrogens with two attached hydrogens (primary N) is 2. The van der Waals surface area contributed by atoms with E-state index in [9.17, 15) is 24.0 Å². The molecule has 3 atom stereocenters. The number of carboxylic acids is 2. The lowest BCUT2D eigenvalue weighted by Gasteiger charge is -2.27. The molecule has 0 saturated carbocycles. The highest BCUT2D eigenvalue weighted by Crippen LogP contribution is 2.19. The van der Waals surface area contributed by atoms with Crippen LogP contribution in [0.25, 0.3) is 0 Å². The van der Waals surface area contributed by atoms with Crippen molar-refractivity contribution in [3.8, 4) is 0 Å². The zero-order chi connectivity index (χ0) is 19.1. The first-order valence-corrected chi connectivity index (χ1v) is 7.72. The second kappa shape index (κ2) is 8.97. The smallest absolute Gasteiger partial charge is 0.326 e. The molecular weight excluding hydrogens is 336 g/mol. The number of amides is 3. The summed E-state index contributed by atoms with van der Waals surface area (Å²) in [5, 5.41) is 20.0. The number of likely N-dealkylation sites (tertiary alicyclic amines) is 1. The largest absolute Gasteiger partial charge is 0.481 e. The van der Waals surface area contributed by atoms with Crippen LogP contribution in [0.3, 0.4) is 0 Å². The summed E-state index contributed by atoms with van der Waals surface area (Å²) in [6.07, 6.45) is -0.238. The van der Waals surface area contributed by atoms with Gasteiger partial charge in [-0.1, -0.05) is 0 Å². The van der Waals surface area contributed by atoms with Crippen LogP contribution in [0.5, 0.6) is 0 Å². The molecule has 0 spiro atoms. The van der Waals surface area contributed by atoms with Crippen molar-refractivity contribution in [2.24, 2.45) is 11.5 Å². The van der Waals surface area contributed by atoms with Gasteiger partial charge in [0.25, 0.3) is 0 Å². The van der Waals surface area contributed by atoms with Gasteiger partial charge in [0.05, 0.1) is 12.5 Å². The summed E-state index contributed by atoms with van der Waals surface area (Å²) in [7, 11) is 0. The SMILES string of the molecule is NC(=O)C[C@H](N)C(=O)N1CCC[C@H]1C(=O)N[C@@H](CCC(=O)O)C(=O)O. The highest BCUT2D eigenvalue weighted by atomic mass is 16.4. The second-order valence-electron chi connectivity index (χ2n) is 5.80. The standard InChI is InChI=1S/C14H22N4O7/c15-7(6-10(16)19)13(23)18-5-1-2-9(18)12(22)17-8(14(24)25)3-4-11(20)21/h7-9H,1-6,15H2,(H2,16,19)(H,17,22)(H,20,21)(H,24,25)/t7-,8-,9-/m0/s1. The van der Waals surface area contributed by atoms with Gasteiger partial charge in [0.2, 0.25) is 17.7 Å². The first-order chi connectivity index (χ1) is 11.6. The maximum Gasteiger partial charge on any atom is 0.326 e. The molecule has 0 aromatic rings. The van der Waals surface area contributed by atoms with E-state index in [-0.39, 0.29) is 19.4 Å². The van der Waals surface area contributed by atoms with E-state index in [4.69, 9.17) is 21.7 Å². The minimum atomic E-state index is -1.37. The van der Waals surface area contributed by atoms with Gasteiger partial charge in [-0.25, -0.2) is 4.79 Å². The van der Waals surface area contributed by atoms with Crippen LogP contribution in [0.2, 0.25) is 0 Å². The first-order valence-electron chi connectivity index (χ1n) is 7.72. The normalized spacial score (nSPS) is 19.1. The summed E-state index contributed by atoms with van der Waals surface area (Å²) in [6, 6.07) is -3.47. The number of hydrogen-bond acceptors (Lipinski definition) is 6. The van der Waals surface area contributed by atoms with Gasteiger partial charge in [-0.05, 0) is 19.3 Å². The molecule has 25 heavy (non-hydrogen) atoms. The molecule has 11 nitrogen and oxygen atoms in total. The summed E-state index contributed by atoms with van der Waals surface area (Å²) in [5.41, 5.74) is 10.6. The molecule has 11 heteroatoms. The van der Waals surface area contributed by atoms with Gasteiger partial charge >= 0.3 is 11.9 Å². The number of rotatable bonds is 9. The van der Waals surface area contributed by atoms with Crippen LogP contribution in [0, 0.1) is 0 Å². The van der Waals surface area contributed by atoms with Crippen molar-refractivity contribution < 1.29 is 34.2 Å². The van der Waals surface area contributed by atoms with Crippen LogP contribution in [-0.2, 0) is 24.0 Å². The number of carbonyl (C=O) groups excluding carboxylic acids is 3. The summed E-state index contributed by atoms with van der Waals surface area (Å²) < 4.78 is 0. The summed E-state index contributed by atoms with van der Waals surface area (Å²) >= 11 is 0. The molecule has 1 saturated heterocycles. The molecule has 1 aliphatic rings. The third-order valence-corrected chi connectivity index (χ3v) is 3.84. The first kappa shape index (κ1) is 20.4. The van der Waals surface area contributed by atoms with Crippen LogP contribution in [0.1, 0.15) is 32.1 Å². The van der Waals surface area contributed by atoms with Gasteiger partial charge in [0.15, 0.2) is 0 Å². The van der Waals surface area contributed by atoms with Crippen molar-refractivity contribution in [1.29, 1.82) is 0 Å². The van der Waals surface area contributed by atoms with Gasteiger partial charge < -0.3 is 31.9 Å². The molecule has 0 aromatic heterocycles. The maximum absolute atomic E-state index is 12.3. The molecule has 0 radical (unpaired) electrons. The summed E-state index contributed by atoms with van der Waals surface area (Å²) in [4.78, 5) is 58.3. The molecular formula is C14H22N4O7. The second-order valence-corrected chi connectivity index (χ2v) is 5.80. The predicted octanol–water partition coefficient (Wildman–Crippen LogP) is -2.39. The Bertz CT molecular complexity index is 565. The fraction of sp³-hybridized carbons (Fsp3) is 0.643. The van der Waals surface area contributed by atoms with Gasteiger partial charge in [-0.3, -0.25) is 19.2 Å². The van der Waals surface area contributed by atoms with E-state index < -0.39 is 54.2 Å². The van der Waals surface area contributed by atoms with Crippen molar-refractivity contribution in [2.75, 3.05) is 6.54 Å². The molecule has 7 N–H and O–H groups in total. The Balaban J connectivity index is 2.74. The van der Waals surface area contributed by atoms with Crippen LogP contribution < -0.4 is 16.8 Å². The molecule has 1 fully saturated rings. The lowest BCUT2D eigenvalue weighted by atomic mass is 10.1. The predicted molar refractivity (Wildman–Crippen MR) is 83.0 cm³/mol. The zero-order valence-corrected chi connectivity index (χ0v) is 13.5. The number of nitrogens with zero attached hydrogens (tertiary/aromatic N) is 1. The Kier molecular flexibility index (Phi) is 7.30. The third-order valence-electron chi connectivity index (χ3n) is 3.84. The molecule has 0 aromatic carbocycles. The average Bonchev–Trinajstić information content (AvgIpc) is 2.98. The third kappa shape index (κ3) is 6.03. The molecule has 0 aliphatic carbocycles. The lowest BCUT2D eigenvalue weighted by molar-refractivity contribution is -0.145. The Morgan fingerprint density at radius 1 is 1.20 bits per heavy atom. The molecule has 0 unspecified atom stereocenters. The topological polar surface area (TPSA) is 193 Å². The number of carboxylic acid groups (broad SMARTS) is 2. The minimum Gasteiger partial charge on any atom is -0.481 e. The Morgan fingerprint density at radius 2 is 1.84 bits per heavy atom. The monoisotopic (exact) mass is 358 g/mol. The highest BCUT2D eigenvalue weighted by Gasteiger charge is 2.37. The van der Waals surface area contributed by atoms with E-state index in [0.29, 0.717) is 12.8 Å². The van der Waals surface area contributed by atoms with Crippen molar-refractivity contribution in [3.05, 3.63) is 0 Å². The van der Waals surface area contributed by atoms with E-state index >= 15 is 0 Å². The van der Waals surface area contributed by atoms with Gasteiger partial charge in [-0.15, -0.1) is 0 Å². The van der Waals surface area contributed by atoms with E-state index in [2.05, 4.69) is 5.32 Å². The zero-order valence-electron chi connectivity index (χ0n) is 13.5. The number of nitrogens with one attached hydrogen (secondary N) is 1. The number of hydrogen-bond donors (Lipinski definition) is 5. The molecule has 0 bridgehead atoms. The summed E-state index contributed by atoms with van der Waals surface area (Å²) in [6.45, 7) is 0.246. The fourth-order valence-electron chi connectivity index (χ4n) is 2.61. The minimum absolute atomic E-state index is 0.246. The van der Waals surface area contributed by atoms with Gasteiger partial charge in [0.1, 0.15) is 12.1 Å². The number of aliphatic carboxylic acids is 2. The van der Waals surface area contributed by atoms with E-state index in [1.165, 1.54) is 4.90 Å². The van der Waals surface area contributed by atoms with Crippen molar-refractivity contribution in [1.82, 2.24) is 10.2 Å². The average molecular weight is 358 g/mol. The van der Waals surface area contributed by atoms with E-state index in [1.807, 2.05) is 0 Å². The van der Waals surface area contributed by atoms with Crippen molar-refractivity contribution >= 4 is 29.7 Å². The van der Waals surface area contributed by atoms with Crippen LogP contribution in [0.15, 0.2) is 0 Å². The molecule has 1 aliphatic heterocycles. The fourth-order valence-corrected chi connectivity index (χ4v) is 2.61. The van der Waals surface area contributed by atoms with Crippen LogP contribution in [-0.4, -0.2) is 69.4 Å².